The molecule has 0 saturated carbocycles. The normalized spacial score (nSPS) is 16.1. The first-order valence-electron chi connectivity index (χ1n) is 10.8. The molecule has 0 amide bonds. The number of hydrogen-bond donors (Lipinski definition) is 1. The maximum Gasteiger partial charge on any atom is 0.140 e. The third kappa shape index (κ3) is 4.80. The zero-order chi connectivity index (χ0) is 21.1. The number of aromatic nitrogens is 2. The van der Waals surface area contributed by atoms with Crippen molar-refractivity contribution in [1.29, 1.82) is 0 Å². The number of nitrogens with zero attached hydrogens (tertiary/aromatic N) is 3. The summed E-state index contributed by atoms with van der Waals surface area (Å²) in [5.41, 5.74) is 5.36. The molecule has 5 nitrogen and oxygen atoms in total. The molecule has 1 fully saturated rings. The molecule has 1 aliphatic heterocycles. The molecule has 3 aromatic rings. The van der Waals surface area contributed by atoms with Gasteiger partial charge < -0.3 is 19.5 Å². The molecule has 0 aliphatic carbocycles. The van der Waals surface area contributed by atoms with Crippen LogP contribution in [0.2, 0.25) is 5.02 Å². The first-order chi connectivity index (χ1) is 14.5. The highest BCUT2D eigenvalue weighted by molar-refractivity contribution is 6.33. The lowest BCUT2D eigenvalue weighted by atomic mass is 10.1. The van der Waals surface area contributed by atoms with Crippen LogP contribution in [0.25, 0.3) is 22.4 Å². The molecule has 6 heteroatoms. The SMILES string of the molecule is Cc1ccc2[nH]c(-c3ccc(OCCCN4CCCN(C)CC4)cc3Cl)nc2c1C. The van der Waals surface area contributed by atoms with Crippen molar-refractivity contribution in [3.63, 3.8) is 0 Å². The number of halogens is 1. The van der Waals surface area contributed by atoms with E-state index in [2.05, 4.69) is 47.8 Å². The Balaban J connectivity index is 1.36. The van der Waals surface area contributed by atoms with Gasteiger partial charge in [-0.15, -0.1) is 0 Å². The molecule has 1 saturated heterocycles. The molecular weight excluding hydrogens is 396 g/mol. The van der Waals surface area contributed by atoms with E-state index in [9.17, 15) is 0 Å². The van der Waals surface area contributed by atoms with Crippen LogP contribution < -0.4 is 4.74 Å². The summed E-state index contributed by atoms with van der Waals surface area (Å²) in [4.78, 5) is 13.1. The van der Waals surface area contributed by atoms with Gasteiger partial charge in [0.1, 0.15) is 11.6 Å². The second kappa shape index (κ2) is 9.38. The summed E-state index contributed by atoms with van der Waals surface area (Å²) in [6.45, 7) is 10.7. The van der Waals surface area contributed by atoms with Crippen molar-refractivity contribution < 1.29 is 4.74 Å². The number of H-pyrrole nitrogens is 1. The molecule has 0 unspecified atom stereocenters. The van der Waals surface area contributed by atoms with Crippen molar-refractivity contribution in [2.75, 3.05) is 46.4 Å². The molecule has 0 spiro atoms. The molecule has 1 aliphatic rings. The average Bonchev–Trinajstić information content (AvgIpc) is 3.05. The first-order valence-corrected chi connectivity index (χ1v) is 11.2. The summed E-state index contributed by atoms with van der Waals surface area (Å²) in [5.74, 6) is 1.60. The van der Waals surface area contributed by atoms with Crippen molar-refractivity contribution in [2.45, 2.75) is 26.7 Å². The number of ether oxygens (including phenoxy) is 1. The number of fused-ring (bicyclic) bond motifs is 1. The summed E-state index contributed by atoms with van der Waals surface area (Å²) >= 11 is 6.58. The Bertz CT molecular complexity index is 1020. The van der Waals surface area contributed by atoms with Crippen molar-refractivity contribution in [3.05, 3.63) is 46.5 Å². The van der Waals surface area contributed by atoms with E-state index in [0.717, 1.165) is 54.2 Å². The van der Waals surface area contributed by atoms with Crippen LogP contribution in [0, 0.1) is 13.8 Å². The highest BCUT2D eigenvalue weighted by atomic mass is 35.5. The monoisotopic (exact) mass is 426 g/mol. The fourth-order valence-electron chi connectivity index (χ4n) is 4.02. The number of hydrogen-bond acceptors (Lipinski definition) is 4. The Kier molecular flexibility index (Phi) is 6.61. The molecular formula is C24H31ClN4O. The lowest BCUT2D eigenvalue weighted by molar-refractivity contribution is 0.237. The van der Waals surface area contributed by atoms with E-state index < -0.39 is 0 Å². The van der Waals surface area contributed by atoms with Crippen LogP contribution in [0.1, 0.15) is 24.0 Å². The largest absolute Gasteiger partial charge is 0.493 e. The predicted molar refractivity (Wildman–Crippen MR) is 125 cm³/mol. The van der Waals surface area contributed by atoms with Gasteiger partial charge in [0.05, 0.1) is 22.7 Å². The van der Waals surface area contributed by atoms with Crippen molar-refractivity contribution >= 4 is 22.6 Å². The predicted octanol–water partition coefficient (Wildman–Crippen LogP) is 4.91. The lowest BCUT2D eigenvalue weighted by Gasteiger charge is -2.20. The fourth-order valence-corrected chi connectivity index (χ4v) is 4.28. The van der Waals surface area contributed by atoms with Gasteiger partial charge in [-0.05, 0) is 82.2 Å². The smallest absolute Gasteiger partial charge is 0.140 e. The third-order valence-corrected chi connectivity index (χ3v) is 6.39. The molecule has 4 rings (SSSR count). The number of imidazole rings is 1. The molecule has 2 aromatic carbocycles. The van der Waals surface area contributed by atoms with Gasteiger partial charge in [-0.3, -0.25) is 0 Å². The van der Waals surface area contributed by atoms with E-state index in [-0.39, 0.29) is 0 Å². The Morgan fingerprint density at radius 3 is 2.80 bits per heavy atom. The van der Waals surface area contributed by atoms with E-state index in [0.29, 0.717) is 11.6 Å². The van der Waals surface area contributed by atoms with Gasteiger partial charge in [-0.1, -0.05) is 17.7 Å². The summed E-state index contributed by atoms with van der Waals surface area (Å²) in [6, 6.07) is 10.0. The van der Waals surface area contributed by atoms with Gasteiger partial charge in [-0.25, -0.2) is 4.98 Å². The minimum atomic E-state index is 0.650. The molecule has 1 aromatic heterocycles. The van der Waals surface area contributed by atoms with Crippen LogP contribution in [-0.4, -0.2) is 66.1 Å². The first kappa shape index (κ1) is 21.2. The second-order valence-electron chi connectivity index (χ2n) is 8.33. The van der Waals surface area contributed by atoms with Gasteiger partial charge >= 0.3 is 0 Å². The van der Waals surface area contributed by atoms with Gasteiger partial charge in [0.15, 0.2) is 0 Å². The number of rotatable bonds is 6. The molecule has 160 valence electrons. The number of likely N-dealkylation sites (N-methyl/N-ethyl adjacent to an activating group) is 1. The third-order valence-electron chi connectivity index (χ3n) is 6.07. The fraction of sp³-hybridized carbons (Fsp3) is 0.458. The van der Waals surface area contributed by atoms with Gasteiger partial charge in [0.25, 0.3) is 0 Å². The van der Waals surface area contributed by atoms with Gasteiger partial charge in [0.2, 0.25) is 0 Å². The number of nitrogens with one attached hydrogen (secondary N) is 1. The quantitative estimate of drug-likeness (QED) is 0.569. The summed E-state index contributed by atoms with van der Waals surface area (Å²) in [5, 5.41) is 0.650. The molecule has 2 heterocycles. The topological polar surface area (TPSA) is 44.4 Å². The average molecular weight is 427 g/mol. The molecule has 30 heavy (non-hydrogen) atoms. The zero-order valence-corrected chi connectivity index (χ0v) is 18.9. The van der Waals surface area contributed by atoms with Crippen LogP contribution >= 0.6 is 11.6 Å². The van der Waals surface area contributed by atoms with E-state index in [4.69, 9.17) is 21.3 Å². The Hall–Kier alpha value is -2.08. The summed E-state index contributed by atoms with van der Waals surface area (Å²) in [6.07, 6.45) is 2.26. The highest BCUT2D eigenvalue weighted by Gasteiger charge is 2.13. The maximum atomic E-state index is 6.58. The summed E-state index contributed by atoms with van der Waals surface area (Å²) in [7, 11) is 2.20. The van der Waals surface area contributed by atoms with Gasteiger partial charge in [0, 0.05) is 25.2 Å². The van der Waals surface area contributed by atoms with Crippen LogP contribution in [0.4, 0.5) is 0 Å². The van der Waals surface area contributed by atoms with Crippen LogP contribution in [0.3, 0.4) is 0 Å². The molecule has 0 atom stereocenters. The zero-order valence-electron chi connectivity index (χ0n) is 18.2. The Morgan fingerprint density at radius 2 is 1.97 bits per heavy atom. The van der Waals surface area contributed by atoms with E-state index in [1.54, 1.807) is 0 Å². The highest BCUT2D eigenvalue weighted by Crippen LogP contribution is 2.32. The van der Waals surface area contributed by atoms with Crippen LogP contribution in [0.15, 0.2) is 30.3 Å². The van der Waals surface area contributed by atoms with Crippen LogP contribution in [0.5, 0.6) is 5.75 Å². The van der Waals surface area contributed by atoms with Crippen molar-refractivity contribution in [2.24, 2.45) is 0 Å². The lowest BCUT2D eigenvalue weighted by Crippen LogP contribution is -2.30. The maximum absolute atomic E-state index is 6.58. The van der Waals surface area contributed by atoms with Crippen molar-refractivity contribution in [1.82, 2.24) is 19.8 Å². The second-order valence-corrected chi connectivity index (χ2v) is 8.74. The Morgan fingerprint density at radius 1 is 1.10 bits per heavy atom. The van der Waals surface area contributed by atoms with Crippen LogP contribution in [-0.2, 0) is 0 Å². The number of aromatic amines is 1. The molecule has 1 N–H and O–H groups in total. The minimum absolute atomic E-state index is 0.650. The molecule has 0 radical (unpaired) electrons. The molecule has 0 bridgehead atoms. The Labute approximate surface area is 184 Å². The van der Waals surface area contributed by atoms with Gasteiger partial charge in [-0.2, -0.15) is 0 Å². The van der Waals surface area contributed by atoms with E-state index in [1.807, 2.05) is 18.2 Å². The number of aryl methyl sites for hydroxylation is 2. The minimum Gasteiger partial charge on any atom is -0.493 e. The van der Waals surface area contributed by atoms with Crippen molar-refractivity contribution in [3.8, 4) is 17.1 Å². The van der Waals surface area contributed by atoms with E-state index in [1.165, 1.54) is 30.6 Å². The standard InChI is InChI=1S/C24H31ClN4O/c1-17-6-9-22-23(18(17)2)27-24(26-22)20-8-7-19(16-21(20)25)30-15-5-12-29-11-4-10-28(3)13-14-29/h6-9,16H,4-5,10-15H2,1-3H3,(H,26,27). The van der Waals surface area contributed by atoms with E-state index >= 15 is 0 Å². The number of benzene rings is 2. The summed E-state index contributed by atoms with van der Waals surface area (Å²) < 4.78 is 5.96.